The van der Waals surface area contributed by atoms with Crippen LogP contribution in [0.3, 0.4) is 0 Å². The monoisotopic (exact) mass is 400 g/mol. The van der Waals surface area contributed by atoms with Crippen molar-refractivity contribution in [3.8, 4) is 17.7 Å². The zero-order valence-electron chi connectivity index (χ0n) is 13.1. The van der Waals surface area contributed by atoms with Crippen LogP contribution in [0, 0.1) is 11.3 Å². The summed E-state index contributed by atoms with van der Waals surface area (Å²) in [5.41, 5.74) is -2.32. The van der Waals surface area contributed by atoms with E-state index >= 15 is 0 Å². The summed E-state index contributed by atoms with van der Waals surface area (Å²) in [4.78, 5) is 14.6. The van der Waals surface area contributed by atoms with Gasteiger partial charge in [-0.15, -0.1) is 0 Å². The van der Waals surface area contributed by atoms with E-state index < -0.39 is 55.5 Å². The van der Waals surface area contributed by atoms with Gasteiger partial charge in [0.05, 0.1) is 10.5 Å². The van der Waals surface area contributed by atoms with Gasteiger partial charge in [-0.1, -0.05) is 0 Å². The van der Waals surface area contributed by atoms with Crippen LogP contribution in [0.25, 0.3) is 0 Å². The highest BCUT2D eigenvalue weighted by molar-refractivity contribution is 7.91. The molecule has 2 aromatic rings. The minimum atomic E-state index is -4.74. The number of aromatic nitrogens is 1. The van der Waals surface area contributed by atoms with E-state index in [0.29, 0.717) is 6.07 Å². The number of pyridine rings is 1. The average molecular weight is 400 g/mol. The maximum Gasteiger partial charge on any atom is 0.344 e. The summed E-state index contributed by atoms with van der Waals surface area (Å²) < 4.78 is 83.8. The molecule has 0 bridgehead atoms. The van der Waals surface area contributed by atoms with Crippen molar-refractivity contribution in [1.29, 1.82) is 5.26 Å². The number of benzene rings is 1. The Hall–Kier alpha value is -3.00. The van der Waals surface area contributed by atoms with Crippen LogP contribution in [0.4, 0.5) is 17.6 Å². The molecule has 1 aromatic carbocycles. The fourth-order valence-corrected chi connectivity index (χ4v) is 3.50. The molecule has 3 rings (SSSR count). The van der Waals surface area contributed by atoms with Crippen molar-refractivity contribution in [2.75, 3.05) is 6.01 Å². The van der Waals surface area contributed by atoms with Crippen LogP contribution in [-0.2, 0) is 9.84 Å². The molecule has 1 aromatic heterocycles. The zero-order valence-corrected chi connectivity index (χ0v) is 13.9. The molecule has 0 spiro atoms. The number of hydrogen-bond acceptors (Lipinski definition) is 6. The molecule has 27 heavy (non-hydrogen) atoms. The lowest BCUT2D eigenvalue weighted by molar-refractivity contribution is -0.0368. The summed E-state index contributed by atoms with van der Waals surface area (Å²) >= 11 is 0. The third-order valence-electron chi connectivity index (χ3n) is 3.85. The molecular weight excluding hydrogens is 392 g/mol. The van der Waals surface area contributed by atoms with Crippen molar-refractivity contribution in [3.05, 3.63) is 47.2 Å². The number of halogens is 4. The summed E-state index contributed by atoms with van der Waals surface area (Å²) in [6.07, 6.45) is -2.00. The summed E-state index contributed by atoms with van der Waals surface area (Å²) in [6, 6.07) is 3.91. The Kier molecular flexibility index (Phi) is 4.39. The quantitative estimate of drug-likeness (QED) is 0.731. The Morgan fingerprint density at radius 2 is 2.00 bits per heavy atom. The molecule has 0 saturated heterocycles. The van der Waals surface area contributed by atoms with Gasteiger partial charge in [-0.05, 0) is 24.3 Å². The summed E-state index contributed by atoms with van der Waals surface area (Å²) in [7, 11) is -4.74. The average Bonchev–Trinajstić information content (AvgIpc) is 2.83. The smallest absolute Gasteiger partial charge is 0.344 e. The molecule has 1 heterocycles. The number of sulfone groups is 1. The Bertz CT molecular complexity index is 1100. The van der Waals surface area contributed by atoms with Gasteiger partial charge in [-0.25, -0.2) is 22.2 Å². The van der Waals surface area contributed by atoms with E-state index in [2.05, 4.69) is 4.98 Å². The first-order chi connectivity index (χ1) is 12.6. The van der Waals surface area contributed by atoms with Gasteiger partial charge in [-0.2, -0.15) is 14.0 Å². The van der Waals surface area contributed by atoms with Crippen LogP contribution in [0.1, 0.15) is 27.7 Å². The van der Waals surface area contributed by atoms with Crippen LogP contribution in [-0.4, -0.2) is 31.1 Å². The van der Waals surface area contributed by atoms with E-state index in [4.69, 9.17) is 10.00 Å². The zero-order chi connectivity index (χ0) is 20.0. The number of ether oxygens (including phenoxy) is 1. The third kappa shape index (κ3) is 2.82. The fraction of sp³-hybridized carbons (Fsp3) is 0.188. The molecule has 1 aliphatic carbocycles. The lowest BCUT2D eigenvalue weighted by Crippen LogP contribution is -2.27. The normalized spacial score (nSPS) is 18.0. The molecule has 0 aliphatic heterocycles. The molecule has 0 radical (unpaired) electrons. The van der Waals surface area contributed by atoms with Gasteiger partial charge in [0.25, 0.3) is 0 Å². The van der Waals surface area contributed by atoms with Gasteiger partial charge in [0, 0.05) is 11.8 Å². The first-order valence-corrected chi connectivity index (χ1v) is 8.85. The van der Waals surface area contributed by atoms with E-state index in [-0.39, 0.29) is 11.4 Å². The van der Waals surface area contributed by atoms with Gasteiger partial charge in [0.2, 0.25) is 27.7 Å². The predicted octanol–water partition coefficient (Wildman–Crippen LogP) is 3.29. The van der Waals surface area contributed by atoms with Crippen LogP contribution >= 0.6 is 0 Å². The minimum absolute atomic E-state index is 0.113. The summed E-state index contributed by atoms with van der Waals surface area (Å²) in [5.74, 6) is -7.64. The van der Waals surface area contributed by atoms with Crippen LogP contribution in [0.15, 0.2) is 35.4 Å². The number of nitriles is 1. The Labute approximate surface area is 149 Å². The van der Waals surface area contributed by atoms with E-state index in [1.807, 2.05) is 0 Å². The number of carbonyl (C=O) groups is 1. The molecule has 0 saturated carbocycles. The van der Waals surface area contributed by atoms with Crippen LogP contribution in [0.2, 0.25) is 0 Å². The number of alkyl halides is 4. The lowest BCUT2D eigenvalue weighted by Gasteiger charge is -2.14. The maximum absolute atomic E-state index is 14.3. The molecule has 1 unspecified atom stereocenters. The molecule has 0 amide bonds. The Morgan fingerprint density at radius 3 is 2.63 bits per heavy atom. The molecule has 140 valence electrons. The van der Waals surface area contributed by atoms with E-state index in [0.717, 1.165) is 6.07 Å². The third-order valence-corrected chi connectivity index (χ3v) is 5.14. The molecule has 0 N–H and O–H groups in total. The second-order valence-electron chi connectivity index (χ2n) is 5.46. The highest BCUT2D eigenvalue weighted by Crippen LogP contribution is 2.51. The van der Waals surface area contributed by atoms with Gasteiger partial charge in [0.1, 0.15) is 17.4 Å². The van der Waals surface area contributed by atoms with E-state index in [9.17, 15) is 30.8 Å². The second kappa shape index (κ2) is 6.31. The highest BCUT2D eigenvalue weighted by atomic mass is 32.2. The molecular formula is C16H8F4N2O4S. The SMILES string of the molecule is N#Cc1cccnc1Oc1ccc(S(=O)(=O)CF)c2c1C(F)C(F)(F)C2=O. The highest BCUT2D eigenvalue weighted by Gasteiger charge is 2.59. The molecule has 1 aliphatic rings. The number of fused-ring (bicyclic) bond motifs is 1. The van der Waals surface area contributed by atoms with Crippen molar-refractivity contribution < 1.29 is 35.5 Å². The van der Waals surface area contributed by atoms with Crippen LogP contribution in [0.5, 0.6) is 11.6 Å². The summed E-state index contributed by atoms with van der Waals surface area (Å²) in [5, 5.41) is 9.01. The number of ketones is 1. The number of nitrogens with zero attached hydrogens (tertiary/aromatic N) is 2. The van der Waals surface area contributed by atoms with Crippen LogP contribution < -0.4 is 4.74 Å². The van der Waals surface area contributed by atoms with E-state index in [1.165, 1.54) is 18.3 Å². The number of hydrogen-bond donors (Lipinski definition) is 0. The Morgan fingerprint density at radius 1 is 1.30 bits per heavy atom. The van der Waals surface area contributed by atoms with Gasteiger partial charge in [0.15, 0.2) is 6.01 Å². The van der Waals surface area contributed by atoms with Crippen molar-refractivity contribution >= 4 is 15.6 Å². The molecule has 11 heteroatoms. The van der Waals surface area contributed by atoms with E-state index in [1.54, 1.807) is 6.07 Å². The van der Waals surface area contributed by atoms with Crippen molar-refractivity contribution in [2.24, 2.45) is 0 Å². The molecule has 6 nitrogen and oxygen atoms in total. The number of Topliss-reactive ketones (excluding diaryl/α,β-unsaturated/α-hetero) is 1. The van der Waals surface area contributed by atoms with Gasteiger partial charge in [-0.3, -0.25) is 4.79 Å². The van der Waals surface area contributed by atoms with Gasteiger partial charge >= 0.3 is 5.92 Å². The lowest BCUT2D eigenvalue weighted by atomic mass is 10.1. The summed E-state index contributed by atoms with van der Waals surface area (Å²) in [6.45, 7) is 0. The van der Waals surface area contributed by atoms with Crippen molar-refractivity contribution in [1.82, 2.24) is 4.98 Å². The maximum atomic E-state index is 14.3. The number of carbonyl (C=O) groups excluding carboxylic acids is 1. The first-order valence-electron chi connectivity index (χ1n) is 7.20. The topological polar surface area (TPSA) is 97.1 Å². The predicted molar refractivity (Wildman–Crippen MR) is 81.8 cm³/mol. The van der Waals surface area contributed by atoms with Crippen molar-refractivity contribution in [3.63, 3.8) is 0 Å². The second-order valence-corrected chi connectivity index (χ2v) is 7.35. The Balaban J connectivity index is 2.26. The molecule has 0 fully saturated rings. The van der Waals surface area contributed by atoms with Crippen molar-refractivity contribution in [2.45, 2.75) is 17.0 Å². The van der Waals surface area contributed by atoms with Gasteiger partial charge < -0.3 is 4.74 Å². The number of rotatable bonds is 4. The first kappa shape index (κ1) is 18.8. The largest absolute Gasteiger partial charge is 0.437 e. The molecule has 1 atom stereocenters. The minimum Gasteiger partial charge on any atom is -0.437 e. The standard InChI is InChI=1S/C16H8F4N2O4S/c17-7-27(24,25)10-4-3-9(26-15-8(6-21)2-1-5-22-15)11-12(10)14(23)16(19,20)13(11)18/h1-5,13H,7H2. The fourth-order valence-electron chi connectivity index (χ4n) is 2.60.